The normalized spacial score (nSPS) is 11.5. The van der Waals surface area contributed by atoms with E-state index in [9.17, 15) is 4.79 Å². The number of hydrogen-bond donors (Lipinski definition) is 1. The Hall–Kier alpha value is -4.97. The Balaban J connectivity index is 1.40. The van der Waals surface area contributed by atoms with Crippen LogP contribution in [0.5, 0.6) is 5.75 Å². The predicted molar refractivity (Wildman–Crippen MR) is 176 cm³/mol. The zero-order valence-corrected chi connectivity index (χ0v) is 25.4. The van der Waals surface area contributed by atoms with Crippen molar-refractivity contribution in [2.24, 2.45) is 0 Å². The molecule has 0 aliphatic rings. The molecule has 0 aliphatic carbocycles. The van der Waals surface area contributed by atoms with Gasteiger partial charge in [-0.15, -0.1) is 0 Å². The highest BCUT2D eigenvalue weighted by Gasteiger charge is 2.23. The van der Waals surface area contributed by atoms with Crippen LogP contribution in [0.3, 0.4) is 0 Å². The molecule has 0 radical (unpaired) electrons. The van der Waals surface area contributed by atoms with E-state index in [0.29, 0.717) is 31.9 Å². The van der Waals surface area contributed by atoms with E-state index >= 15 is 0 Å². The largest absolute Gasteiger partial charge is 0.489 e. The van der Waals surface area contributed by atoms with Gasteiger partial charge in [-0.2, -0.15) is 0 Å². The second-order valence-electron chi connectivity index (χ2n) is 10.7. The van der Waals surface area contributed by atoms with Crippen molar-refractivity contribution < 1.29 is 14.3 Å². The van der Waals surface area contributed by atoms with Gasteiger partial charge in [-0.05, 0) is 59.9 Å². The molecule has 44 heavy (non-hydrogen) atoms. The fraction of sp³-hybridized carbons (Fsp3) is 0.237. The standard InChI is InChI=1S/C38H39N3O3/c1-3-12-28-17-11-18-31(23-28)25-35(38(42)43-4-2)41-37-34(24-29-13-7-5-8-14-29)40-36(26-39-37)32-19-21-33(22-20-32)44-27-30-15-9-6-10-16-30/h5-11,13-23,26,35H,3-4,12,24-25,27H2,1-2H3,(H,39,41). The number of benzene rings is 4. The Morgan fingerprint density at radius 3 is 2.18 bits per heavy atom. The molecule has 6 heteroatoms. The number of aryl methyl sites for hydroxylation is 1. The first-order valence-corrected chi connectivity index (χ1v) is 15.3. The Morgan fingerprint density at radius 1 is 0.795 bits per heavy atom. The molecule has 0 amide bonds. The molecule has 5 aromatic rings. The number of aromatic nitrogens is 2. The maximum atomic E-state index is 13.2. The highest BCUT2D eigenvalue weighted by molar-refractivity contribution is 5.79. The van der Waals surface area contributed by atoms with E-state index in [1.54, 1.807) is 6.20 Å². The first-order chi connectivity index (χ1) is 21.6. The summed E-state index contributed by atoms with van der Waals surface area (Å²) in [5, 5.41) is 3.40. The molecular formula is C38H39N3O3. The van der Waals surface area contributed by atoms with Gasteiger partial charge in [0.1, 0.15) is 24.2 Å². The summed E-state index contributed by atoms with van der Waals surface area (Å²) >= 11 is 0. The lowest BCUT2D eigenvalue weighted by Crippen LogP contribution is -2.34. The van der Waals surface area contributed by atoms with Gasteiger partial charge < -0.3 is 14.8 Å². The third-order valence-electron chi connectivity index (χ3n) is 7.31. The molecule has 0 saturated carbocycles. The van der Waals surface area contributed by atoms with Crippen LogP contribution in [-0.2, 0) is 35.4 Å². The van der Waals surface area contributed by atoms with E-state index < -0.39 is 6.04 Å². The maximum Gasteiger partial charge on any atom is 0.328 e. The number of esters is 1. The maximum absolute atomic E-state index is 13.2. The van der Waals surface area contributed by atoms with Gasteiger partial charge in [0.2, 0.25) is 0 Å². The number of nitrogens with one attached hydrogen (secondary N) is 1. The van der Waals surface area contributed by atoms with E-state index in [-0.39, 0.29) is 5.97 Å². The molecule has 224 valence electrons. The van der Waals surface area contributed by atoms with Gasteiger partial charge in [0, 0.05) is 18.4 Å². The fourth-order valence-electron chi connectivity index (χ4n) is 5.10. The van der Waals surface area contributed by atoms with Gasteiger partial charge in [0.05, 0.1) is 24.2 Å². The van der Waals surface area contributed by atoms with E-state index in [1.807, 2.05) is 79.7 Å². The minimum atomic E-state index is -0.609. The third kappa shape index (κ3) is 8.54. The topological polar surface area (TPSA) is 73.3 Å². The highest BCUT2D eigenvalue weighted by atomic mass is 16.5. The smallest absolute Gasteiger partial charge is 0.328 e. The molecule has 0 saturated heterocycles. The van der Waals surface area contributed by atoms with Crippen LogP contribution in [0, 0.1) is 0 Å². The van der Waals surface area contributed by atoms with Gasteiger partial charge in [0.25, 0.3) is 0 Å². The minimum absolute atomic E-state index is 0.305. The molecule has 5 rings (SSSR count). The van der Waals surface area contributed by atoms with Crippen LogP contribution in [0.25, 0.3) is 11.3 Å². The molecule has 0 bridgehead atoms. The van der Waals surface area contributed by atoms with Gasteiger partial charge in [0.15, 0.2) is 0 Å². The first-order valence-electron chi connectivity index (χ1n) is 15.3. The molecule has 1 unspecified atom stereocenters. The number of hydrogen-bond acceptors (Lipinski definition) is 6. The van der Waals surface area contributed by atoms with E-state index in [0.717, 1.165) is 52.2 Å². The second kappa shape index (κ2) is 15.5. The summed E-state index contributed by atoms with van der Waals surface area (Å²) in [7, 11) is 0. The Labute approximate surface area is 260 Å². The molecule has 6 nitrogen and oxygen atoms in total. The number of carbonyl (C=O) groups is 1. The van der Waals surface area contributed by atoms with Crippen molar-refractivity contribution >= 4 is 11.8 Å². The van der Waals surface area contributed by atoms with Gasteiger partial charge >= 0.3 is 5.97 Å². The minimum Gasteiger partial charge on any atom is -0.489 e. The van der Waals surface area contributed by atoms with Crippen molar-refractivity contribution in [3.05, 3.63) is 143 Å². The van der Waals surface area contributed by atoms with Crippen molar-refractivity contribution in [3.63, 3.8) is 0 Å². The SMILES string of the molecule is CCCc1cccc(CC(Nc2ncc(-c3ccc(OCc4ccccc4)cc3)nc2Cc2ccccc2)C(=O)OCC)c1. The van der Waals surface area contributed by atoms with Crippen molar-refractivity contribution in [2.45, 2.75) is 52.2 Å². The third-order valence-corrected chi connectivity index (χ3v) is 7.31. The summed E-state index contributed by atoms with van der Waals surface area (Å²) in [5.41, 5.74) is 6.99. The van der Waals surface area contributed by atoms with Crippen LogP contribution >= 0.6 is 0 Å². The monoisotopic (exact) mass is 585 g/mol. The van der Waals surface area contributed by atoms with Crippen molar-refractivity contribution in [2.75, 3.05) is 11.9 Å². The number of anilines is 1. The van der Waals surface area contributed by atoms with Gasteiger partial charge in [-0.3, -0.25) is 0 Å². The predicted octanol–water partition coefficient (Wildman–Crippen LogP) is 7.85. The van der Waals surface area contributed by atoms with E-state index in [4.69, 9.17) is 19.4 Å². The summed E-state index contributed by atoms with van der Waals surface area (Å²) in [6.07, 6.45) is 4.86. The molecule has 4 aromatic carbocycles. The highest BCUT2D eigenvalue weighted by Crippen LogP contribution is 2.25. The van der Waals surface area contributed by atoms with E-state index in [2.05, 4.69) is 48.6 Å². The van der Waals surface area contributed by atoms with Crippen LogP contribution in [0.1, 0.15) is 48.2 Å². The number of nitrogens with zero attached hydrogens (tertiary/aromatic N) is 2. The summed E-state index contributed by atoms with van der Waals surface area (Å²) < 4.78 is 11.4. The lowest BCUT2D eigenvalue weighted by molar-refractivity contribution is -0.144. The summed E-state index contributed by atoms with van der Waals surface area (Å²) in [5.74, 6) is 1.05. The zero-order chi connectivity index (χ0) is 30.6. The lowest BCUT2D eigenvalue weighted by atomic mass is 10.0. The van der Waals surface area contributed by atoms with E-state index in [1.165, 1.54) is 5.56 Å². The summed E-state index contributed by atoms with van der Waals surface area (Å²) in [4.78, 5) is 23.0. The molecule has 0 fully saturated rings. The number of carbonyl (C=O) groups excluding carboxylic acids is 1. The molecular weight excluding hydrogens is 546 g/mol. The van der Waals surface area contributed by atoms with Gasteiger partial charge in [-0.1, -0.05) is 98.3 Å². The van der Waals surface area contributed by atoms with Crippen LogP contribution < -0.4 is 10.1 Å². The molecule has 1 atom stereocenters. The van der Waals surface area contributed by atoms with Crippen molar-refractivity contribution in [3.8, 4) is 17.0 Å². The molecule has 1 N–H and O–H groups in total. The van der Waals surface area contributed by atoms with Crippen molar-refractivity contribution in [1.29, 1.82) is 0 Å². The summed E-state index contributed by atoms with van der Waals surface area (Å²) in [6, 6.07) is 35.9. The summed E-state index contributed by atoms with van der Waals surface area (Å²) in [6.45, 7) is 4.80. The molecule has 0 spiro atoms. The quantitative estimate of drug-likeness (QED) is 0.134. The lowest BCUT2D eigenvalue weighted by Gasteiger charge is -2.20. The number of rotatable bonds is 14. The Kier molecular flexibility index (Phi) is 10.7. The average Bonchev–Trinajstić information content (AvgIpc) is 3.06. The molecule has 1 aromatic heterocycles. The van der Waals surface area contributed by atoms with Crippen LogP contribution in [-0.4, -0.2) is 28.6 Å². The number of ether oxygens (including phenoxy) is 2. The zero-order valence-electron chi connectivity index (χ0n) is 25.4. The molecule has 1 heterocycles. The Morgan fingerprint density at radius 2 is 1.48 bits per heavy atom. The molecule has 0 aliphatic heterocycles. The first kappa shape index (κ1) is 30.5. The van der Waals surface area contributed by atoms with Crippen LogP contribution in [0.2, 0.25) is 0 Å². The van der Waals surface area contributed by atoms with Crippen LogP contribution in [0.15, 0.2) is 115 Å². The van der Waals surface area contributed by atoms with Crippen molar-refractivity contribution in [1.82, 2.24) is 9.97 Å². The van der Waals surface area contributed by atoms with Gasteiger partial charge in [-0.25, -0.2) is 14.8 Å². The van der Waals surface area contributed by atoms with Crippen LogP contribution in [0.4, 0.5) is 5.82 Å². The Bertz CT molecular complexity index is 1620. The second-order valence-corrected chi connectivity index (χ2v) is 10.7. The fourth-order valence-corrected chi connectivity index (χ4v) is 5.10. The average molecular weight is 586 g/mol.